The van der Waals surface area contributed by atoms with Gasteiger partial charge in [0.15, 0.2) is 5.82 Å². The number of carbonyl (C=O) groups is 1. The Labute approximate surface area is 86.3 Å². The molecule has 0 aliphatic rings. The van der Waals surface area contributed by atoms with Gasteiger partial charge in [0, 0.05) is 6.07 Å². The van der Waals surface area contributed by atoms with Crippen LogP contribution in [-0.2, 0) is 0 Å². The molecule has 0 fully saturated rings. The molecule has 0 saturated carbocycles. The number of rotatable bonds is 3. The summed E-state index contributed by atoms with van der Waals surface area (Å²) < 4.78 is 5.31. The quantitative estimate of drug-likeness (QED) is 0.786. The first kappa shape index (κ1) is 9.51. The number of aromatic nitrogens is 2. The van der Waals surface area contributed by atoms with Crippen molar-refractivity contribution in [2.75, 3.05) is 6.61 Å². The Hall–Kier alpha value is -2.04. The van der Waals surface area contributed by atoms with Gasteiger partial charge in [0.1, 0.15) is 5.75 Å². The van der Waals surface area contributed by atoms with Crippen LogP contribution in [0.3, 0.4) is 0 Å². The van der Waals surface area contributed by atoms with E-state index in [0.717, 1.165) is 11.3 Å². The number of nitrogens with zero attached hydrogens (tertiary/aromatic N) is 1. The lowest BCUT2D eigenvalue weighted by atomic mass is 10.3. The molecular weight excluding hydrogens is 194 g/mol. The van der Waals surface area contributed by atoms with E-state index in [2.05, 4.69) is 9.97 Å². The number of hydrogen-bond acceptors (Lipinski definition) is 3. The van der Waals surface area contributed by atoms with Crippen molar-refractivity contribution in [1.82, 2.24) is 9.97 Å². The second-order valence-electron chi connectivity index (χ2n) is 3.06. The lowest BCUT2D eigenvalue weighted by molar-refractivity contribution is 0.0991. The van der Waals surface area contributed by atoms with Gasteiger partial charge in [0.25, 0.3) is 5.91 Å². The summed E-state index contributed by atoms with van der Waals surface area (Å²) in [6.07, 6.45) is 0. The van der Waals surface area contributed by atoms with Crippen molar-refractivity contribution in [3.05, 3.63) is 24.0 Å². The maximum Gasteiger partial charge on any atom is 0.284 e. The Kier molecular flexibility index (Phi) is 2.29. The molecule has 5 nitrogen and oxygen atoms in total. The van der Waals surface area contributed by atoms with E-state index in [9.17, 15) is 4.79 Å². The number of amides is 1. The Morgan fingerprint density at radius 1 is 1.60 bits per heavy atom. The summed E-state index contributed by atoms with van der Waals surface area (Å²) in [4.78, 5) is 17.7. The molecule has 0 atom stereocenters. The molecule has 2 rings (SSSR count). The zero-order chi connectivity index (χ0) is 10.8. The zero-order valence-corrected chi connectivity index (χ0v) is 8.28. The van der Waals surface area contributed by atoms with Gasteiger partial charge >= 0.3 is 0 Å². The number of primary amides is 1. The van der Waals surface area contributed by atoms with Crippen LogP contribution in [0.5, 0.6) is 5.75 Å². The zero-order valence-electron chi connectivity index (χ0n) is 8.28. The van der Waals surface area contributed by atoms with Gasteiger partial charge in [-0.3, -0.25) is 4.79 Å². The Morgan fingerprint density at radius 3 is 3.07 bits per heavy atom. The number of aromatic amines is 1. The predicted octanol–water partition coefficient (Wildman–Crippen LogP) is 1.06. The van der Waals surface area contributed by atoms with Gasteiger partial charge in [-0.05, 0) is 19.1 Å². The molecule has 0 aliphatic carbocycles. The molecule has 0 spiro atoms. The molecule has 78 valence electrons. The van der Waals surface area contributed by atoms with Gasteiger partial charge in [0.05, 0.1) is 17.6 Å². The average molecular weight is 205 g/mol. The minimum absolute atomic E-state index is 0.165. The fourth-order valence-electron chi connectivity index (χ4n) is 1.36. The van der Waals surface area contributed by atoms with Crippen molar-refractivity contribution in [2.24, 2.45) is 5.73 Å². The molecule has 1 aromatic heterocycles. The Balaban J connectivity index is 2.47. The summed E-state index contributed by atoms with van der Waals surface area (Å²) in [6.45, 7) is 2.50. The minimum atomic E-state index is -0.566. The number of hydrogen-bond donors (Lipinski definition) is 2. The predicted molar refractivity (Wildman–Crippen MR) is 55.8 cm³/mol. The van der Waals surface area contributed by atoms with Gasteiger partial charge in [0.2, 0.25) is 0 Å². The molecule has 1 heterocycles. The van der Waals surface area contributed by atoms with Crippen LogP contribution in [0, 0.1) is 0 Å². The molecule has 0 unspecified atom stereocenters. The van der Waals surface area contributed by atoms with E-state index < -0.39 is 5.91 Å². The van der Waals surface area contributed by atoms with E-state index in [1.54, 1.807) is 12.1 Å². The molecule has 1 amide bonds. The van der Waals surface area contributed by atoms with E-state index in [4.69, 9.17) is 10.5 Å². The largest absolute Gasteiger partial charge is 0.494 e. The summed E-state index contributed by atoms with van der Waals surface area (Å²) in [7, 11) is 0. The van der Waals surface area contributed by atoms with Crippen LogP contribution in [-0.4, -0.2) is 22.5 Å². The van der Waals surface area contributed by atoms with Gasteiger partial charge in [-0.25, -0.2) is 4.98 Å². The van der Waals surface area contributed by atoms with Crippen molar-refractivity contribution in [3.8, 4) is 5.75 Å². The van der Waals surface area contributed by atoms with Crippen LogP contribution in [0.25, 0.3) is 11.0 Å². The summed E-state index contributed by atoms with van der Waals surface area (Å²) in [6, 6.07) is 5.39. The van der Waals surface area contributed by atoms with Crippen molar-refractivity contribution in [1.29, 1.82) is 0 Å². The number of fused-ring (bicyclic) bond motifs is 1. The minimum Gasteiger partial charge on any atom is -0.494 e. The lowest BCUT2D eigenvalue weighted by Crippen LogP contribution is -2.12. The Morgan fingerprint density at radius 2 is 2.40 bits per heavy atom. The van der Waals surface area contributed by atoms with E-state index in [1.165, 1.54) is 0 Å². The van der Waals surface area contributed by atoms with Crippen molar-refractivity contribution in [2.45, 2.75) is 6.92 Å². The van der Waals surface area contributed by atoms with E-state index in [0.29, 0.717) is 12.1 Å². The number of imidazole rings is 1. The highest BCUT2D eigenvalue weighted by Crippen LogP contribution is 2.18. The topological polar surface area (TPSA) is 81.0 Å². The van der Waals surface area contributed by atoms with Gasteiger partial charge < -0.3 is 15.5 Å². The number of carbonyl (C=O) groups excluding carboxylic acids is 1. The molecule has 0 bridgehead atoms. The molecule has 2 aromatic rings. The van der Waals surface area contributed by atoms with E-state index >= 15 is 0 Å². The van der Waals surface area contributed by atoms with Crippen LogP contribution in [0.1, 0.15) is 17.5 Å². The summed E-state index contributed by atoms with van der Waals surface area (Å²) in [5, 5.41) is 0. The van der Waals surface area contributed by atoms with Crippen LogP contribution >= 0.6 is 0 Å². The summed E-state index contributed by atoms with van der Waals surface area (Å²) in [5.74, 6) is 0.329. The summed E-state index contributed by atoms with van der Waals surface area (Å²) in [5.41, 5.74) is 6.56. The first-order valence-corrected chi connectivity index (χ1v) is 4.63. The maximum absolute atomic E-state index is 10.9. The Bertz CT molecular complexity index is 504. The fourth-order valence-corrected chi connectivity index (χ4v) is 1.36. The second kappa shape index (κ2) is 3.61. The first-order valence-electron chi connectivity index (χ1n) is 4.63. The highest BCUT2D eigenvalue weighted by atomic mass is 16.5. The third-order valence-electron chi connectivity index (χ3n) is 2.00. The molecule has 5 heteroatoms. The van der Waals surface area contributed by atoms with Gasteiger partial charge in [-0.2, -0.15) is 0 Å². The molecule has 0 radical (unpaired) electrons. The standard InChI is InChI=1S/C10H11N3O2/c1-2-15-6-3-4-7-8(5-6)13-10(12-7)9(11)14/h3-5H,2H2,1H3,(H2,11,14)(H,12,13). The normalized spacial score (nSPS) is 10.5. The SMILES string of the molecule is CCOc1ccc2[nH]c(C(N)=O)nc2c1. The average Bonchev–Trinajstić information content (AvgIpc) is 2.61. The van der Waals surface area contributed by atoms with Crippen molar-refractivity contribution < 1.29 is 9.53 Å². The van der Waals surface area contributed by atoms with Crippen LogP contribution in [0.4, 0.5) is 0 Å². The number of H-pyrrole nitrogens is 1. The lowest BCUT2D eigenvalue weighted by Gasteiger charge is -2.00. The number of nitrogens with one attached hydrogen (secondary N) is 1. The maximum atomic E-state index is 10.9. The smallest absolute Gasteiger partial charge is 0.284 e. The van der Waals surface area contributed by atoms with E-state index in [1.807, 2.05) is 13.0 Å². The molecular formula is C10H11N3O2. The molecule has 15 heavy (non-hydrogen) atoms. The highest BCUT2D eigenvalue weighted by molar-refractivity contribution is 5.93. The van der Waals surface area contributed by atoms with Crippen LogP contribution in [0.2, 0.25) is 0 Å². The van der Waals surface area contributed by atoms with E-state index in [-0.39, 0.29) is 5.82 Å². The van der Waals surface area contributed by atoms with Crippen LogP contribution < -0.4 is 10.5 Å². The monoisotopic (exact) mass is 205 g/mol. The summed E-state index contributed by atoms with van der Waals surface area (Å²) >= 11 is 0. The molecule has 1 aromatic carbocycles. The number of benzene rings is 1. The molecule has 0 aliphatic heterocycles. The molecule has 0 saturated heterocycles. The third kappa shape index (κ3) is 1.76. The second-order valence-corrected chi connectivity index (χ2v) is 3.06. The van der Waals surface area contributed by atoms with Crippen LogP contribution in [0.15, 0.2) is 18.2 Å². The van der Waals surface area contributed by atoms with Gasteiger partial charge in [-0.1, -0.05) is 0 Å². The fraction of sp³-hybridized carbons (Fsp3) is 0.200. The van der Waals surface area contributed by atoms with Crippen molar-refractivity contribution in [3.63, 3.8) is 0 Å². The molecule has 3 N–H and O–H groups in total. The first-order chi connectivity index (χ1) is 7.20. The highest BCUT2D eigenvalue weighted by Gasteiger charge is 2.07. The van der Waals surface area contributed by atoms with Gasteiger partial charge in [-0.15, -0.1) is 0 Å². The number of nitrogens with two attached hydrogens (primary N) is 1. The van der Waals surface area contributed by atoms with Crippen molar-refractivity contribution >= 4 is 16.9 Å². The number of ether oxygens (including phenoxy) is 1. The third-order valence-corrected chi connectivity index (χ3v) is 2.00.